The highest BCUT2D eigenvalue weighted by Crippen LogP contribution is 2.49. The summed E-state index contributed by atoms with van der Waals surface area (Å²) in [5.41, 5.74) is -1.02. The highest BCUT2D eigenvalue weighted by molar-refractivity contribution is 9.11. The molecule has 0 saturated heterocycles. The molecule has 0 radical (unpaired) electrons. The standard InChI is InChI=1S/C23H22Br2F6/c1-20(2,3)12-7-16(22(26,27)28)14(18(24)9-12)11-15-17(23(29,30)31)8-13(10-19(15)25)21(4,5)6/h7-10H,1-6H3. The number of alkyl halides is 6. The molecular formula is C23H22Br2F6. The third kappa shape index (κ3) is 5.96. The van der Waals surface area contributed by atoms with Crippen LogP contribution in [0.5, 0.6) is 0 Å². The van der Waals surface area contributed by atoms with Crippen molar-refractivity contribution in [3.05, 3.63) is 73.1 Å². The van der Waals surface area contributed by atoms with Crippen LogP contribution in [-0.4, -0.2) is 12.4 Å². The molecule has 2 aliphatic carbocycles. The Morgan fingerprint density at radius 3 is 1.68 bits per heavy atom. The van der Waals surface area contributed by atoms with Crippen LogP contribution in [0.4, 0.5) is 26.3 Å². The van der Waals surface area contributed by atoms with Gasteiger partial charge in [-0.05, 0) is 31.8 Å². The zero-order valence-electron chi connectivity index (χ0n) is 17.8. The summed E-state index contributed by atoms with van der Waals surface area (Å²) in [5.74, 6) is 0. The Hall–Kier alpha value is -1.24. The summed E-state index contributed by atoms with van der Waals surface area (Å²) in [6.07, 6.45) is -4.63. The lowest BCUT2D eigenvalue weighted by Gasteiger charge is -2.35. The molecule has 2 rings (SSSR count). The van der Waals surface area contributed by atoms with Crippen molar-refractivity contribution in [2.75, 3.05) is 0 Å². The molecule has 170 valence electrons. The summed E-state index contributed by atoms with van der Waals surface area (Å²) in [4.78, 5) is 0.0411. The molecule has 0 aromatic rings. The smallest absolute Gasteiger partial charge is 0.203 e. The van der Waals surface area contributed by atoms with Crippen LogP contribution in [0.2, 0.25) is 0 Å². The van der Waals surface area contributed by atoms with E-state index in [9.17, 15) is 26.3 Å². The van der Waals surface area contributed by atoms with Gasteiger partial charge in [0, 0.05) is 39.1 Å². The first-order valence-corrected chi connectivity index (χ1v) is 10.9. The van der Waals surface area contributed by atoms with Gasteiger partial charge < -0.3 is 0 Å². The van der Waals surface area contributed by atoms with E-state index in [1.807, 2.05) is 0 Å². The molecule has 0 heterocycles. The number of allylic oxidation sites excluding steroid dienone is 9. The monoisotopic (exact) mass is 570 g/mol. The number of hydrogen-bond donors (Lipinski definition) is 0. The van der Waals surface area contributed by atoms with Crippen LogP contribution in [0, 0.1) is 20.5 Å². The maximum atomic E-state index is 13.9. The van der Waals surface area contributed by atoms with Crippen molar-refractivity contribution in [2.45, 2.75) is 53.9 Å². The van der Waals surface area contributed by atoms with Crippen LogP contribution in [0.1, 0.15) is 41.5 Å². The van der Waals surface area contributed by atoms with Crippen molar-refractivity contribution in [3.8, 4) is 0 Å². The topological polar surface area (TPSA) is 0 Å². The van der Waals surface area contributed by atoms with Gasteiger partial charge in [0.25, 0.3) is 0 Å². The molecule has 0 aromatic heterocycles. The first-order chi connectivity index (χ1) is 13.7. The van der Waals surface area contributed by atoms with Crippen molar-refractivity contribution < 1.29 is 26.3 Å². The van der Waals surface area contributed by atoms with Gasteiger partial charge >= 0.3 is 12.4 Å². The lowest BCUT2D eigenvalue weighted by Crippen LogP contribution is -2.23. The van der Waals surface area contributed by atoms with Gasteiger partial charge in [-0.25, -0.2) is 5.73 Å². The van der Waals surface area contributed by atoms with Crippen LogP contribution in [0.15, 0.2) is 63.5 Å². The minimum absolute atomic E-state index is 0.0205. The van der Waals surface area contributed by atoms with Crippen molar-refractivity contribution in [3.63, 3.8) is 0 Å². The maximum absolute atomic E-state index is 13.9. The fourth-order valence-electron chi connectivity index (χ4n) is 2.91. The normalized spacial score (nSPS) is 19.0. The predicted molar refractivity (Wildman–Crippen MR) is 118 cm³/mol. The maximum Gasteiger partial charge on any atom is 0.454 e. The van der Waals surface area contributed by atoms with Crippen LogP contribution in [-0.2, 0) is 0 Å². The van der Waals surface area contributed by atoms with Gasteiger partial charge in [0.2, 0.25) is 0 Å². The molecule has 0 nitrogen and oxygen atoms in total. The van der Waals surface area contributed by atoms with Gasteiger partial charge in [-0.2, -0.15) is 26.3 Å². The molecular weight excluding hydrogens is 550 g/mol. The van der Waals surface area contributed by atoms with Crippen molar-refractivity contribution in [1.82, 2.24) is 0 Å². The highest BCUT2D eigenvalue weighted by Gasteiger charge is 2.45. The second-order valence-corrected chi connectivity index (χ2v) is 11.1. The minimum atomic E-state index is -4.78. The molecule has 31 heavy (non-hydrogen) atoms. The molecule has 2 aliphatic rings. The Labute approximate surface area is 195 Å². The summed E-state index contributed by atoms with van der Waals surface area (Å²) in [5, 5.41) is 0. The lowest BCUT2D eigenvalue weighted by molar-refractivity contribution is -0.0898. The Morgan fingerprint density at radius 1 is 0.806 bits per heavy atom. The largest absolute Gasteiger partial charge is 0.454 e. The average molecular weight is 572 g/mol. The van der Waals surface area contributed by atoms with Crippen LogP contribution < -0.4 is 0 Å². The van der Waals surface area contributed by atoms with E-state index >= 15 is 0 Å². The van der Waals surface area contributed by atoms with Crippen molar-refractivity contribution >= 4 is 31.9 Å². The van der Waals surface area contributed by atoms with E-state index in [1.54, 1.807) is 41.5 Å². The van der Waals surface area contributed by atoms with E-state index in [0.29, 0.717) is 11.1 Å². The van der Waals surface area contributed by atoms with Crippen molar-refractivity contribution in [1.29, 1.82) is 0 Å². The van der Waals surface area contributed by atoms with Crippen LogP contribution >= 0.6 is 31.9 Å². The van der Waals surface area contributed by atoms with Gasteiger partial charge in [-0.15, -0.1) is 33.7 Å². The zero-order valence-corrected chi connectivity index (χ0v) is 21.0. The molecule has 0 bridgehead atoms. The minimum Gasteiger partial charge on any atom is -0.203 e. The van der Waals surface area contributed by atoms with Gasteiger partial charge in [0.1, 0.15) is 10.4 Å². The molecule has 0 amide bonds. The molecule has 0 N–H and O–H groups in total. The predicted octanol–water partition coefficient (Wildman–Crippen LogP) is 9.24. The van der Waals surface area contributed by atoms with Gasteiger partial charge in [-0.3, -0.25) is 0 Å². The quantitative estimate of drug-likeness (QED) is 0.154. The summed E-state index contributed by atoms with van der Waals surface area (Å²) >= 11 is 6.25. The average Bonchev–Trinajstić information content (AvgIpc) is 2.53. The fraction of sp³-hybridized carbons (Fsp3) is 0.435. The Balaban J connectivity index is 2.83. The van der Waals surface area contributed by atoms with Gasteiger partial charge in [-0.1, -0.05) is 31.2 Å². The Bertz CT molecular complexity index is 861. The fourth-order valence-corrected chi connectivity index (χ4v) is 4.02. The summed E-state index contributed by atoms with van der Waals surface area (Å²) in [7, 11) is 0. The molecule has 0 spiro atoms. The molecule has 0 aromatic carbocycles. The summed E-state index contributed by atoms with van der Waals surface area (Å²) in [6.45, 7) is 10.5. The van der Waals surface area contributed by atoms with E-state index in [-0.39, 0.29) is 9.65 Å². The second kappa shape index (κ2) is 8.27. The number of halogens is 8. The Morgan fingerprint density at radius 2 is 1.26 bits per heavy atom. The third-order valence-electron chi connectivity index (χ3n) is 4.77. The van der Waals surface area contributed by atoms with Gasteiger partial charge in [0.05, 0.1) is 5.57 Å². The first-order valence-electron chi connectivity index (χ1n) is 9.32. The lowest BCUT2D eigenvalue weighted by atomic mass is 9.79. The molecule has 0 fully saturated rings. The highest BCUT2D eigenvalue weighted by atomic mass is 79.9. The van der Waals surface area contributed by atoms with Gasteiger partial charge in [0.15, 0.2) is 0 Å². The zero-order chi connectivity index (χ0) is 24.2. The molecule has 0 unspecified atom stereocenters. The van der Waals surface area contributed by atoms with E-state index in [0.717, 1.165) is 12.2 Å². The van der Waals surface area contributed by atoms with E-state index in [1.165, 1.54) is 12.2 Å². The first kappa shape index (κ1) is 26.0. The molecule has 0 atom stereocenters. The van der Waals surface area contributed by atoms with Crippen LogP contribution in [0.25, 0.3) is 0 Å². The summed E-state index contributed by atoms with van der Waals surface area (Å²) in [6, 6.07) is 0. The number of rotatable bonds is 0. The van der Waals surface area contributed by atoms with Crippen molar-refractivity contribution in [2.24, 2.45) is 10.8 Å². The van der Waals surface area contributed by atoms with E-state index in [4.69, 9.17) is 0 Å². The molecule has 0 aliphatic heterocycles. The number of hydrogen-bond acceptors (Lipinski definition) is 0. The third-order valence-corrected chi connectivity index (χ3v) is 6.02. The Kier molecular flexibility index (Phi) is 6.94. The second-order valence-electron chi connectivity index (χ2n) is 9.38. The summed E-state index contributed by atoms with van der Waals surface area (Å²) < 4.78 is 83.2. The molecule has 0 saturated carbocycles. The van der Waals surface area contributed by atoms with Crippen LogP contribution in [0.3, 0.4) is 0 Å². The van der Waals surface area contributed by atoms with E-state index in [2.05, 4.69) is 37.6 Å². The molecule has 8 heteroatoms. The van der Waals surface area contributed by atoms with E-state index < -0.39 is 45.5 Å². The SMILES string of the molecule is CC(C)(C)C1=C[C+](Br)C(=C=C2C(C(F)(F)F)=CC(C(C)(C)C)=C[C-]2Br)C(C(F)(F)F)=C1.